The molecule has 1 aromatic heterocycles. The molecule has 4 heteroatoms. The first-order valence-corrected chi connectivity index (χ1v) is 6.05. The van der Waals surface area contributed by atoms with Gasteiger partial charge in [0.05, 0.1) is 12.2 Å². The van der Waals surface area contributed by atoms with Crippen molar-refractivity contribution < 1.29 is 9.53 Å². The molecule has 2 rings (SSSR count). The van der Waals surface area contributed by atoms with Crippen molar-refractivity contribution in [3.8, 4) is 0 Å². The Kier molecular flexibility index (Phi) is 4.64. The Morgan fingerprint density at radius 1 is 1.21 bits per heavy atom. The molecule has 0 fully saturated rings. The van der Waals surface area contributed by atoms with Crippen molar-refractivity contribution in [3.63, 3.8) is 0 Å². The molecule has 19 heavy (non-hydrogen) atoms. The minimum atomic E-state index is -0.125. The molecule has 0 saturated heterocycles. The fraction of sp³-hybridized carbons (Fsp3) is 0.200. The lowest BCUT2D eigenvalue weighted by Crippen LogP contribution is -2.23. The lowest BCUT2D eigenvalue weighted by atomic mass is 10.1. The smallest absolute Gasteiger partial charge is 0.253 e. The lowest BCUT2D eigenvalue weighted by Gasteiger charge is -2.10. The molecule has 0 aliphatic heterocycles. The third kappa shape index (κ3) is 3.63. The van der Waals surface area contributed by atoms with Crippen LogP contribution in [0.5, 0.6) is 0 Å². The Bertz CT molecular complexity index is 541. The number of pyridine rings is 1. The highest BCUT2D eigenvalue weighted by molar-refractivity contribution is 5.93. The van der Waals surface area contributed by atoms with E-state index >= 15 is 0 Å². The first-order chi connectivity index (χ1) is 9.31. The van der Waals surface area contributed by atoms with Crippen LogP contribution in [-0.2, 0) is 17.9 Å². The van der Waals surface area contributed by atoms with E-state index in [9.17, 15) is 4.79 Å². The fourth-order valence-corrected chi connectivity index (χ4v) is 1.80. The lowest BCUT2D eigenvalue weighted by molar-refractivity contribution is 0.0950. The summed E-state index contributed by atoms with van der Waals surface area (Å²) >= 11 is 0. The summed E-state index contributed by atoms with van der Waals surface area (Å²) < 4.78 is 5.14. The molecule has 1 aromatic carbocycles. The number of carbonyl (C=O) groups is 1. The summed E-state index contributed by atoms with van der Waals surface area (Å²) in [5, 5.41) is 2.88. The summed E-state index contributed by atoms with van der Waals surface area (Å²) in [4.78, 5) is 15.8. The third-order valence-electron chi connectivity index (χ3n) is 2.78. The molecule has 0 spiro atoms. The number of aromatic nitrogens is 1. The van der Waals surface area contributed by atoms with Crippen LogP contribution in [0.4, 0.5) is 0 Å². The van der Waals surface area contributed by atoms with Crippen molar-refractivity contribution in [2.24, 2.45) is 0 Å². The van der Waals surface area contributed by atoms with Gasteiger partial charge in [-0.25, -0.2) is 0 Å². The second-order valence-corrected chi connectivity index (χ2v) is 4.13. The number of hydrogen-bond acceptors (Lipinski definition) is 3. The quantitative estimate of drug-likeness (QED) is 0.891. The molecule has 0 unspecified atom stereocenters. The van der Waals surface area contributed by atoms with E-state index in [2.05, 4.69) is 10.3 Å². The van der Waals surface area contributed by atoms with Crippen LogP contribution in [0.2, 0.25) is 0 Å². The van der Waals surface area contributed by atoms with Gasteiger partial charge in [-0.15, -0.1) is 0 Å². The van der Waals surface area contributed by atoms with Gasteiger partial charge in [0.25, 0.3) is 5.91 Å². The van der Waals surface area contributed by atoms with Gasteiger partial charge in [0, 0.05) is 26.0 Å². The number of rotatable bonds is 5. The van der Waals surface area contributed by atoms with Crippen molar-refractivity contribution in [2.75, 3.05) is 7.11 Å². The first-order valence-electron chi connectivity index (χ1n) is 6.05. The van der Waals surface area contributed by atoms with Gasteiger partial charge >= 0.3 is 0 Å². The Hall–Kier alpha value is -2.20. The number of hydrogen-bond donors (Lipinski definition) is 1. The van der Waals surface area contributed by atoms with Crippen molar-refractivity contribution in [2.45, 2.75) is 13.2 Å². The number of carbonyl (C=O) groups excluding carboxylic acids is 1. The number of benzene rings is 1. The van der Waals surface area contributed by atoms with E-state index in [4.69, 9.17) is 4.74 Å². The van der Waals surface area contributed by atoms with Gasteiger partial charge in [0.15, 0.2) is 0 Å². The van der Waals surface area contributed by atoms with Crippen LogP contribution >= 0.6 is 0 Å². The first kappa shape index (κ1) is 13.2. The average molecular weight is 256 g/mol. The molecule has 98 valence electrons. The van der Waals surface area contributed by atoms with E-state index in [0.29, 0.717) is 18.7 Å². The maximum absolute atomic E-state index is 11.9. The average Bonchev–Trinajstić information content (AvgIpc) is 2.47. The molecule has 0 atom stereocenters. The summed E-state index contributed by atoms with van der Waals surface area (Å²) in [5.41, 5.74) is 2.70. The van der Waals surface area contributed by atoms with Crippen LogP contribution in [0.25, 0.3) is 0 Å². The molecule has 0 aliphatic carbocycles. The van der Waals surface area contributed by atoms with E-state index in [1.54, 1.807) is 31.6 Å². The van der Waals surface area contributed by atoms with Crippen LogP contribution in [0, 0.1) is 0 Å². The number of nitrogens with zero attached hydrogens (tertiary/aromatic N) is 1. The summed E-state index contributed by atoms with van der Waals surface area (Å²) in [6.07, 6.45) is 3.20. The number of amides is 1. The molecular weight excluding hydrogens is 240 g/mol. The monoisotopic (exact) mass is 256 g/mol. The van der Waals surface area contributed by atoms with Gasteiger partial charge < -0.3 is 10.1 Å². The molecule has 2 aromatic rings. The van der Waals surface area contributed by atoms with E-state index in [-0.39, 0.29) is 5.91 Å². The molecule has 1 amide bonds. The minimum Gasteiger partial charge on any atom is -0.380 e. The van der Waals surface area contributed by atoms with Crippen molar-refractivity contribution in [1.29, 1.82) is 0 Å². The molecular formula is C15H16N2O2. The highest BCUT2D eigenvalue weighted by Gasteiger charge is 2.06. The standard InChI is InChI=1S/C15H16N2O2/c1-19-11-14-6-3-2-5-12(14)10-17-15(18)13-7-4-8-16-9-13/h2-9H,10-11H2,1H3,(H,17,18). The molecule has 1 heterocycles. The fourth-order valence-electron chi connectivity index (χ4n) is 1.80. The predicted octanol–water partition coefficient (Wildman–Crippen LogP) is 2.16. The number of nitrogens with one attached hydrogen (secondary N) is 1. The Morgan fingerprint density at radius 2 is 2.00 bits per heavy atom. The van der Waals surface area contributed by atoms with Crippen LogP contribution in [0.15, 0.2) is 48.8 Å². The number of ether oxygens (including phenoxy) is 1. The largest absolute Gasteiger partial charge is 0.380 e. The highest BCUT2D eigenvalue weighted by Crippen LogP contribution is 2.09. The SMILES string of the molecule is COCc1ccccc1CNC(=O)c1cccnc1. The molecule has 0 radical (unpaired) electrons. The zero-order valence-electron chi connectivity index (χ0n) is 10.8. The van der Waals surface area contributed by atoms with Crippen LogP contribution in [-0.4, -0.2) is 18.0 Å². The third-order valence-corrected chi connectivity index (χ3v) is 2.78. The molecule has 0 aliphatic rings. The van der Waals surface area contributed by atoms with Crippen molar-refractivity contribution in [3.05, 3.63) is 65.5 Å². The van der Waals surface area contributed by atoms with Gasteiger partial charge in [-0.3, -0.25) is 9.78 Å². The highest BCUT2D eigenvalue weighted by atomic mass is 16.5. The Balaban J connectivity index is 2.01. The molecule has 0 bridgehead atoms. The van der Waals surface area contributed by atoms with Crippen LogP contribution < -0.4 is 5.32 Å². The summed E-state index contributed by atoms with van der Waals surface area (Å²) in [6, 6.07) is 11.4. The van der Waals surface area contributed by atoms with Crippen molar-refractivity contribution in [1.82, 2.24) is 10.3 Å². The maximum Gasteiger partial charge on any atom is 0.253 e. The number of methoxy groups -OCH3 is 1. The predicted molar refractivity (Wildman–Crippen MR) is 72.6 cm³/mol. The maximum atomic E-state index is 11.9. The van der Waals surface area contributed by atoms with Crippen LogP contribution in [0.3, 0.4) is 0 Å². The van der Waals surface area contributed by atoms with E-state index < -0.39 is 0 Å². The van der Waals surface area contributed by atoms with E-state index in [1.807, 2.05) is 24.3 Å². The van der Waals surface area contributed by atoms with Gasteiger partial charge in [-0.2, -0.15) is 0 Å². The van der Waals surface area contributed by atoms with Gasteiger partial charge in [0.2, 0.25) is 0 Å². The molecule has 4 nitrogen and oxygen atoms in total. The Labute approximate surface area is 112 Å². The van der Waals surface area contributed by atoms with Crippen molar-refractivity contribution >= 4 is 5.91 Å². The second kappa shape index (κ2) is 6.66. The Morgan fingerprint density at radius 3 is 2.68 bits per heavy atom. The summed E-state index contributed by atoms with van der Waals surface area (Å²) in [7, 11) is 1.66. The van der Waals surface area contributed by atoms with Crippen LogP contribution in [0.1, 0.15) is 21.5 Å². The zero-order chi connectivity index (χ0) is 13.5. The van der Waals surface area contributed by atoms with E-state index in [1.165, 1.54) is 0 Å². The second-order valence-electron chi connectivity index (χ2n) is 4.13. The van der Waals surface area contributed by atoms with Gasteiger partial charge in [0.1, 0.15) is 0 Å². The van der Waals surface area contributed by atoms with Gasteiger partial charge in [-0.05, 0) is 23.3 Å². The zero-order valence-corrected chi connectivity index (χ0v) is 10.8. The minimum absolute atomic E-state index is 0.125. The van der Waals surface area contributed by atoms with Gasteiger partial charge in [-0.1, -0.05) is 24.3 Å². The van der Waals surface area contributed by atoms with E-state index in [0.717, 1.165) is 11.1 Å². The molecule has 0 saturated carbocycles. The summed E-state index contributed by atoms with van der Waals surface area (Å²) in [5.74, 6) is -0.125. The molecule has 1 N–H and O–H groups in total. The normalized spacial score (nSPS) is 10.2. The topological polar surface area (TPSA) is 51.2 Å². The summed E-state index contributed by atoms with van der Waals surface area (Å²) in [6.45, 7) is 1.02.